The van der Waals surface area contributed by atoms with Gasteiger partial charge in [-0.25, -0.2) is 4.98 Å². The van der Waals surface area contributed by atoms with E-state index >= 15 is 0 Å². The fourth-order valence-electron chi connectivity index (χ4n) is 2.50. The van der Waals surface area contributed by atoms with Crippen LogP contribution in [0, 0.1) is 0 Å². The van der Waals surface area contributed by atoms with Crippen molar-refractivity contribution in [3.05, 3.63) is 91.1 Å². The number of nitrogens with one attached hydrogen (secondary N) is 2. The smallest absolute Gasteiger partial charge is 0.149 e. The van der Waals surface area contributed by atoms with Gasteiger partial charge in [-0.15, -0.1) is 6.58 Å². The van der Waals surface area contributed by atoms with Crippen molar-refractivity contribution in [2.75, 3.05) is 17.2 Å². The summed E-state index contributed by atoms with van der Waals surface area (Å²) in [5, 5.41) is 6.68. The fraction of sp³-hybridized carbons (Fsp3) is 0.0952. The molecule has 0 radical (unpaired) electrons. The highest BCUT2D eigenvalue weighted by molar-refractivity contribution is 5.65. The Kier molecular flexibility index (Phi) is 5.25. The molecule has 2 aromatic carbocycles. The minimum Gasteiger partial charge on any atom is -0.379 e. The van der Waals surface area contributed by atoms with Gasteiger partial charge < -0.3 is 10.6 Å². The molecule has 2 N–H and O–H groups in total. The van der Waals surface area contributed by atoms with E-state index in [4.69, 9.17) is 0 Å². The molecular weight excluding hydrogens is 294 g/mol. The van der Waals surface area contributed by atoms with E-state index in [0.717, 1.165) is 18.1 Å². The SMILES string of the molecule is C=CCNc1cccnc1NCc1ccc(-c2ccccc2)cc1. The molecule has 3 nitrogen and oxygen atoms in total. The van der Waals surface area contributed by atoms with E-state index in [1.54, 1.807) is 6.20 Å². The lowest BCUT2D eigenvalue weighted by Crippen LogP contribution is -2.06. The van der Waals surface area contributed by atoms with Crippen LogP contribution in [-0.4, -0.2) is 11.5 Å². The lowest BCUT2D eigenvalue weighted by molar-refractivity contribution is 1.11. The summed E-state index contributed by atoms with van der Waals surface area (Å²) in [6.07, 6.45) is 3.62. The summed E-state index contributed by atoms with van der Waals surface area (Å²) in [6.45, 7) is 5.17. The van der Waals surface area contributed by atoms with Crippen molar-refractivity contribution >= 4 is 11.5 Å². The van der Waals surface area contributed by atoms with Crippen LogP contribution in [0.3, 0.4) is 0 Å². The Morgan fingerprint density at radius 2 is 1.58 bits per heavy atom. The monoisotopic (exact) mass is 315 g/mol. The van der Waals surface area contributed by atoms with Crippen LogP contribution in [0.2, 0.25) is 0 Å². The zero-order chi connectivity index (χ0) is 16.6. The van der Waals surface area contributed by atoms with E-state index in [1.807, 2.05) is 24.3 Å². The summed E-state index contributed by atoms with van der Waals surface area (Å²) >= 11 is 0. The minimum atomic E-state index is 0.714. The van der Waals surface area contributed by atoms with Crippen LogP contribution >= 0.6 is 0 Å². The average Bonchev–Trinajstić information content (AvgIpc) is 2.66. The summed E-state index contributed by atoms with van der Waals surface area (Å²) in [5.74, 6) is 0.853. The van der Waals surface area contributed by atoms with E-state index in [2.05, 4.69) is 70.7 Å². The predicted octanol–water partition coefficient (Wildman–Crippen LogP) is 4.96. The third-order valence-electron chi connectivity index (χ3n) is 3.77. The van der Waals surface area contributed by atoms with Gasteiger partial charge in [0.25, 0.3) is 0 Å². The Balaban J connectivity index is 1.66. The van der Waals surface area contributed by atoms with Crippen LogP contribution in [0.15, 0.2) is 85.6 Å². The van der Waals surface area contributed by atoms with E-state index in [0.29, 0.717) is 6.54 Å². The Bertz CT molecular complexity index is 780. The number of rotatable bonds is 7. The third kappa shape index (κ3) is 4.02. The molecule has 0 fully saturated rings. The highest BCUT2D eigenvalue weighted by atomic mass is 15.0. The number of anilines is 2. The van der Waals surface area contributed by atoms with Gasteiger partial charge in [0.05, 0.1) is 5.69 Å². The van der Waals surface area contributed by atoms with Gasteiger partial charge in [-0.1, -0.05) is 60.7 Å². The van der Waals surface area contributed by atoms with Crippen LogP contribution in [0.1, 0.15) is 5.56 Å². The molecule has 3 aromatic rings. The molecule has 0 saturated heterocycles. The molecule has 0 amide bonds. The molecule has 0 aliphatic heterocycles. The maximum absolute atomic E-state index is 4.40. The number of pyridine rings is 1. The van der Waals surface area contributed by atoms with Gasteiger partial charge in [-0.3, -0.25) is 0 Å². The van der Waals surface area contributed by atoms with Crippen molar-refractivity contribution in [1.82, 2.24) is 4.98 Å². The largest absolute Gasteiger partial charge is 0.379 e. The number of nitrogens with zero attached hydrogens (tertiary/aromatic N) is 1. The maximum atomic E-state index is 4.40. The molecule has 0 atom stereocenters. The first-order valence-electron chi connectivity index (χ1n) is 8.05. The second-order valence-corrected chi connectivity index (χ2v) is 5.49. The topological polar surface area (TPSA) is 37.0 Å². The molecule has 0 unspecified atom stereocenters. The zero-order valence-electron chi connectivity index (χ0n) is 13.6. The summed E-state index contributed by atoms with van der Waals surface area (Å²) < 4.78 is 0. The van der Waals surface area contributed by atoms with Crippen molar-refractivity contribution in [2.45, 2.75) is 6.54 Å². The first-order chi connectivity index (χ1) is 11.9. The highest BCUT2D eigenvalue weighted by Crippen LogP contribution is 2.21. The van der Waals surface area contributed by atoms with Gasteiger partial charge in [0, 0.05) is 19.3 Å². The molecule has 1 heterocycles. The average molecular weight is 315 g/mol. The second-order valence-electron chi connectivity index (χ2n) is 5.49. The van der Waals surface area contributed by atoms with Crippen molar-refractivity contribution in [2.24, 2.45) is 0 Å². The summed E-state index contributed by atoms with van der Waals surface area (Å²) in [5.41, 5.74) is 4.66. The molecule has 1 aromatic heterocycles. The molecule has 0 bridgehead atoms. The molecule has 0 spiro atoms. The molecule has 0 aliphatic carbocycles. The highest BCUT2D eigenvalue weighted by Gasteiger charge is 2.02. The van der Waals surface area contributed by atoms with Gasteiger partial charge >= 0.3 is 0 Å². The van der Waals surface area contributed by atoms with E-state index in [9.17, 15) is 0 Å². The summed E-state index contributed by atoms with van der Waals surface area (Å²) in [4.78, 5) is 4.40. The van der Waals surface area contributed by atoms with Crippen LogP contribution in [0.25, 0.3) is 11.1 Å². The lowest BCUT2D eigenvalue weighted by Gasteiger charge is -2.12. The number of hydrogen-bond acceptors (Lipinski definition) is 3. The molecule has 3 heteroatoms. The third-order valence-corrected chi connectivity index (χ3v) is 3.77. The van der Waals surface area contributed by atoms with Crippen LogP contribution in [-0.2, 0) is 6.54 Å². The van der Waals surface area contributed by atoms with Crippen molar-refractivity contribution in [3.8, 4) is 11.1 Å². The summed E-state index contributed by atoms with van der Waals surface area (Å²) in [7, 11) is 0. The Hall–Kier alpha value is -3.07. The normalized spacial score (nSPS) is 10.2. The predicted molar refractivity (Wildman–Crippen MR) is 102 cm³/mol. The quantitative estimate of drug-likeness (QED) is 0.605. The minimum absolute atomic E-state index is 0.714. The van der Waals surface area contributed by atoms with Crippen molar-refractivity contribution in [1.29, 1.82) is 0 Å². The van der Waals surface area contributed by atoms with Gasteiger partial charge in [0.15, 0.2) is 0 Å². The first kappa shape index (κ1) is 15.8. The molecule has 0 saturated carbocycles. The molecule has 24 heavy (non-hydrogen) atoms. The van der Waals surface area contributed by atoms with Crippen LogP contribution < -0.4 is 10.6 Å². The summed E-state index contributed by atoms with van der Waals surface area (Å²) in [6, 6.07) is 22.9. The van der Waals surface area contributed by atoms with Crippen LogP contribution in [0.4, 0.5) is 11.5 Å². The molecular formula is C21H21N3. The second kappa shape index (κ2) is 7.97. The van der Waals surface area contributed by atoms with Gasteiger partial charge in [0.1, 0.15) is 5.82 Å². The standard InChI is InChI=1S/C21H21N3/c1-2-14-22-20-9-6-15-23-21(20)24-16-17-10-12-19(13-11-17)18-7-4-3-5-8-18/h2-13,15,22H,1,14,16H2,(H,23,24). The van der Waals surface area contributed by atoms with E-state index in [-0.39, 0.29) is 0 Å². The first-order valence-corrected chi connectivity index (χ1v) is 8.05. The number of hydrogen-bond donors (Lipinski definition) is 2. The maximum Gasteiger partial charge on any atom is 0.149 e. The zero-order valence-corrected chi connectivity index (χ0v) is 13.6. The van der Waals surface area contributed by atoms with Gasteiger partial charge in [-0.05, 0) is 28.8 Å². The Labute approximate surface area is 143 Å². The van der Waals surface area contributed by atoms with Crippen molar-refractivity contribution in [3.63, 3.8) is 0 Å². The Morgan fingerprint density at radius 3 is 2.33 bits per heavy atom. The lowest BCUT2D eigenvalue weighted by atomic mass is 10.0. The fourth-order valence-corrected chi connectivity index (χ4v) is 2.50. The molecule has 120 valence electrons. The van der Waals surface area contributed by atoms with Crippen molar-refractivity contribution < 1.29 is 0 Å². The molecule has 0 aliphatic rings. The van der Waals surface area contributed by atoms with E-state index in [1.165, 1.54) is 16.7 Å². The van der Waals surface area contributed by atoms with Gasteiger partial charge in [-0.2, -0.15) is 0 Å². The number of aromatic nitrogens is 1. The number of benzene rings is 2. The van der Waals surface area contributed by atoms with E-state index < -0.39 is 0 Å². The van der Waals surface area contributed by atoms with Gasteiger partial charge in [0.2, 0.25) is 0 Å². The van der Waals surface area contributed by atoms with Crippen LogP contribution in [0.5, 0.6) is 0 Å². The molecule has 3 rings (SSSR count). The Morgan fingerprint density at radius 1 is 0.833 bits per heavy atom.